The van der Waals surface area contributed by atoms with E-state index in [9.17, 15) is 4.79 Å². The molecule has 0 aliphatic heterocycles. The molecule has 0 fully saturated rings. The van der Waals surface area contributed by atoms with Gasteiger partial charge in [-0.15, -0.1) is 0 Å². The Morgan fingerprint density at radius 3 is 2.40 bits per heavy atom. The highest BCUT2D eigenvalue weighted by Crippen LogP contribution is 2.39. The SMILES string of the molecule is C=CC(=O)Oc1cc(OC)c(C(=C)C)c2ccccc12. The van der Waals surface area contributed by atoms with Crippen molar-refractivity contribution in [3.05, 3.63) is 55.1 Å². The highest BCUT2D eigenvalue weighted by molar-refractivity contribution is 6.00. The molecule has 0 atom stereocenters. The van der Waals surface area contributed by atoms with Gasteiger partial charge in [-0.1, -0.05) is 37.4 Å². The van der Waals surface area contributed by atoms with Crippen LogP contribution in [0.5, 0.6) is 11.5 Å². The van der Waals surface area contributed by atoms with Crippen molar-refractivity contribution in [3.63, 3.8) is 0 Å². The molecule has 0 amide bonds. The van der Waals surface area contributed by atoms with Gasteiger partial charge in [0.1, 0.15) is 11.5 Å². The Hall–Kier alpha value is -2.55. The van der Waals surface area contributed by atoms with E-state index in [0.29, 0.717) is 11.5 Å². The molecule has 3 heteroatoms. The maximum Gasteiger partial charge on any atom is 0.335 e. The van der Waals surface area contributed by atoms with E-state index in [-0.39, 0.29) is 0 Å². The zero-order chi connectivity index (χ0) is 14.7. The number of hydrogen-bond acceptors (Lipinski definition) is 3. The lowest BCUT2D eigenvalue weighted by atomic mass is 9.98. The van der Waals surface area contributed by atoms with Crippen LogP contribution in [0, 0.1) is 0 Å². The molecule has 0 N–H and O–H groups in total. The lowest BCUT2D eigenvalue weighted by Gasteiger charge is -2.15. The van der Waals surface area contributed by atoms with E-state index >= 15 is 0 Å². The second-order valence-electron chi connectivity index (χ2n) is 4.40. The lowest BCUT2D eigenvalue weighted by molar-refractivity contribution is -0.128. The molecule has 3 nitrogen and oxygen atoms in total. The van der Waals surface area contributed by atoms with Gasteiger partial charge in [0.25, 0.3) is 0 Å². The normalized spacial score (nSPS) is 10.1. The van der Waals surface area contributed by atoms with E-state index in [0.717, 1.165) is 28.0 Å². The number of carbonyl (C=O) groups excluding carboxylic acids is 1. The first kappa shape index (κ1) is 13.9. The third-order valence-electron chi connectivity index (χ3n) is 2.99. The molecule has 0 unspecified atom stereocenters. The van der Waals surface area contributed by atoms with Gasteiger partial charge in [-0.25, -0.2) is 4.79 Å². The van der Waals surface area contributed by atoms with E-state index in [1.807, 2.05) is 31.2 Å². The van der Waals surface area contributed by atoms with Gasteiger partial charge in [0.05, 0.1) is 7.11 Å². The highest BCUT2D eigenvalue weighted by Gasteiger charge is 2.15. The monoisotopic (exact) mass is 268 g/mol. The first-order valence-corrected chi connectivity index (χ1v) is 6.18. The molecule has 2 rings (SSSR count). The summed E-state index contributed by atoms with van der Waals surface area (Å²) in [6.07, 6.45) is 1.13. The Morgan fingerprint density at radius 2 is 1.85 bits per heavy atom. The molecule has 0 aromatic heterocycles. The van der Waals surface area contributed by atoms with Crippen molar-refractivity contribution in [3.8, 4) is 11.5 Å². The predicted octanol–water partition coefficient (Wildman–Crippen LogP) is 3.97. The minimum Gasteiger partial charge on any atom is -0.496 e. The van der Waals surface area contributed by atoms with Gasteiger partial charge in [-0.3, -0.25) is 0 Å². The number of benzene rings is 2. The fraction of sp³-hybridized carbons (Fsp3) is 0.118. The van der Waals surface area contributed by atoms with Crippen LogP contribution in [0.25, 0.3) is 16.3 Å². The van der Waals surface area contributed by atoms with Gasteiger partial charge in [0, 0.05) is 23.1 Å². The van der Waals surface area contributed by atoms with E-state index in [2.05, 4.69) is 13.2 Å². The van der Waals surface area contributed by atoms with E-state index in [1.54, 1.807) is 13.2 Å². The highest BCUT2D eigenvalue weighted by atomic mass is 16.5. The summed E-state index contributed by atoms with van der Waals surface area (Å²) < 4.78 is 10.7. The van der Waals surface area contributed by atoms with Crippen LogP contribution in [0.1, 0.15) is 12.5 Å². The van der Waals surface area contributed by atoms with Crippen LogP contribution in [-0.2, 0) is 4.79 Å². The molecule has 0 aliphatic rings. The van der Waals surface area contributed by atoms with Crippen molar-refractivity contribution in [1.82, 2.24) is 0 Å². The molecular weight excluding hydrogens is 252 g/mol. The third kappa shape index (κ3) is 2.43. The Labute approximate surface area is 118 Å². The molecule has 0 heterocycles. The molecule has 0 saturated heterocycles. The third-order valence-corrected chi connectivity index (χ3v) is 2.99. The maximum absolute atomic E-state index is 11.4. The topological polar surface area (TPSA) is 35.5 Å². The van der Waals surface area contributed by atoms with Crippen molar-refractivity contribution >= 4 is 22.3 Å². The average Bonchev–Trinajstić information content (AvgIpc) is 2.46. The Bertz CT molecular complexity index is 699. The number of methoxy groups -OCH3 is 1. The fourth-order valence-electron chi connectivity index (χ4n) is 2.15. The van der Waals surface area contributed by atoms with Crippen molar-refractivity contribution in [2.45, 2.75) is 6.92 Å². The molecule has 0 spiro atoms. The number of hydrogen-bond donors (Lipinski definition) is 0. The average molecular weight is 268 g/mol. The summed E-state index contributed by atoms with van der Waals surface area (Å²) in [5, 5.41) is 1.77. The van der Waals surface area contributed by atoms with Crippen LogP contribution in [0.3, 0.4) is 0 Å². The van der Waals surface area contributed by atoms with Crippen LogP contribution < -0.4 is 9.47 Å². The van der Waals surface area contributed by atoms with Crippen LogP contribution >= 0.6 is 0 Å². The van der Waals surface area contributed by atoms with Crippen LogP contribution in [0.4, 0.5) is 0 Å². The number of rotatable bonds is 4. The molecule has 2 aromatic rings. The number of esters is 1. The second-order valence-corrected chi connectivity index (χ2v) is 4.40. The van der Waals surface area contributed by atoms with Gasteiger partial charge < -0.3 is 9.47 Å². The molecule has 0 aliphatic carbocycles. The number of fused-ring (bicyclic) bond motifs is 1. The maximum atomic E-state index is 11.4. The Morgan fingerprint density at radius 1 is 1.20 bits per heavy atom. The standard InChI is InChI=1S/C17H16O3/c1-5-16(18)20-14-10-15(19-4)17(11(2)3)13-9-7-6-8-12(13)14/h5-10H,1-2H2,3-4H3. The first-order valence-electron chi connectivity index (χ1n) is 6.18. The summed E-state index contributed by atoms with van der Waals surface area (Å²) in [6.45, 7) is 9.31. The van der Waals surface area contributed by atoms with Crippen molar-refractivity contribution in [1.29, 1.82) is 0 Å². The van der Waals surface area contributed by atoms with Crippen LogP contribution in [0.15, 0.2) is 49.6 Å². The van der Waals surface area contributed by atoms with Crippen molar-refractivity contribution < 1.29 is 14.3 Å². The van der Waals surface area contributed by atoms with Gasteiger partial charge in [-0.2, -0.15) is 0 Å². The smallest absolute Gasteiger partial charge is 0.335 e. The molecule has 20 heavy (non-hydrogen) atoms. The zero-order valence-corrected chi connectivity index (χ0v) is 11.6. The summed E-state index contributed by atoms with van der Waals surface area (Å²) >= 11 is 0. The predicted molar refractivity (Wildman–Crippen MR) is 81.0 cm³/mol. The fourth-order valence-corrected chi connectivity index (χ4v) is 2.15. The van der Waals surface area contributed by atoms with Crippen LogP contribution in [0.2, 0.25) is 0 Å². The number of carbonyl (C=O) groups is 1. The van der Waals surface area contributed by atoms with Gasteiger partial charge in [0.15, 0.2) is 0 Å². The van der Waals surface area contributed by atoms with Crippen molar-refractivity contribution in [2.24, 2.45) is 0 Å². The summed E-state index contributed by atoms with van der Waals surface area (Å²) in [6, 6.07) is 9.36. The van der Waals surface area contributed by atoms with E-state index in [4.69, 9.17) is 9.47 Å². The minimum absolute atomic E-state index is 0.451. The quantitative estimate of drug-likeness (QED) is 0.478. The largest absolute Gasteiger partial charge is 0.496 e. The minimum atomic E-state index is -0.500. The molecule has 0 saturated carbocycles. The number of allylic oxidation sites excluding steroid dienone is 1. The van der Waals surface area contributed by atoms with Gasteiger partial charge >= 0.3 is 5.97 Å². The number of ether oxygens (including phenoxy) is 2. The Kier molecular flexibility index (Phi) is 3.89. The molecule has 0 bridgehead atoms. The van der Waals surface area contributed by atoms with Gasteiger partial charge in [0.2, 0.25) is 0 Å². The van der Waals surface area contributed by atoms with E-state index < -0.39 is 5.97 Å². The Balaban J connectivity index is 2.77. The molecule has 102 valence electrons. The first-order chi connectivity index (χ1) is 9.58. The van der Waals surface area contributed by atoms with Crippen molar-refractivity contribution in [2.75, 3.05) is 7.11 Å². The zero-order valence-electron chi connectivity index (χ0n) is 11.6. The molecule has 0 radical (unpaired) electrons. The van der Waals surface area contributed by atoms with Gasteiger partial charge in [-0.05, 0) is 17.9 Å². The summed E-state index contributed by atoms with van der Waals surface area (Å²) in [7, 11) is 1.58. The van der Waals surface area contributed by atoms with Crippen LogP contribution in [-0.4, -0.2) is 13.1 Å². The summed E-state index contributed by atoms with van der Waals surface area (Å²) in [5.41, 5.74) is 1.81. The second kappa shape index (κ2) is 5.61. The summed E-state index contributed by atoms with van der Waals surface area (Å²) in [5.74, 6) is 0.579. The molecule has 2 aromatic carbocycles. The molecular formula is C17H16O3. The van der Waals surface area contributed by atoms with E-state index in [1.165, 1.54) is 0 Å². The summed E-state index contributed by atoms with van der Waals surface area (Å²) in [4.78, 5) is 11.4. The lowest BCUT2D eigenvalue weighted by Crippen LogP contribution is -2.04.